The number of carbonyl (C=O) groups excluding carboxylic acids is 3. The lowest BCUT2D eigenvalue weighted by molar-refractivity contribution is -0.141. The summed E-state index contributed by atoms with van der Waals surface area (Å²) in [5.74, 6) is -0.746. The number of hydrogen-bond donors (Lipinski definition) is 1. The first-order valence-corrected chi connectivity index (χ1v) is 4.25. The predicted octanol–water partition coefficient (Wildman–Crippen LogP) is -0.510. The predicted molar refractivity (Wildman–Crippen MR) is 46.3 cm³/mol. The minimum Gasteiger partial charge on any atom is -0.469 e. The molecule has 0 spiro atoms. The van der Waals surface area contributed by atoms with Crippen LogP contribution in [0.1, 0.15) is 13.3 Å². The van der Waals surface area contributed by atoms with Gasteiger partial charge in [0, 0.05) is 6.54 Å². The van der Waals surface area contributed by atoms with E-state index in [4.69, 9.17) is 0 Å². The second kappa shape index (κ2) is 4.08. The van der Waals surface area contributed by atoms with E-state index >= 15 is 0 Å². The van der Waals surface area contributed by atoms with Gasteiger partial charge in [0.25, 0.3) is 5.91 Å². The first kappa shape index (κ1) is 10.5. The summed E-state index contributed by atoms with van der Waals surface area (Å²) in [5.41, 5.74) is 0. The third kappa shape index (κ3) is 2.01. The third-order valence-corrected chi connectivity index (χ3v) is 1.99. The van der Waals surface area contributed by atoms with E-state index in [9.17, 15) is 14.4 Å². The van der Waals surface area contributed by atoms with E-state index in [-0.39, 0.29) is 18.9 Å². The van der Waals surface area contributed by atoms with Gasteiger partial charge in [0.1, 0.15) is 6.04 Å². The number of nitrogens with zero attached hydrogens (tertiary/aromatic N) is 1. The van der Waals surface area contributed by atoms with Crippen LogP contribution < -0.4 is 5.32 Å². The van der Waals surface area contributed by atoms with Crippen LogP contribution in [0.5, 0.6) is 0 Å². The van der Waals surface area contributed by atoms with Gasteiger partial charge in [-0.15, -0.1) is 0 Å². The van der Waals surface area contributed by atoms with Crippen molar-refractivity contribution in [2.75, 3.05) is 13.7 Å². The van der Waals surface area contributed by atoms with E-state index in [1.165, 1.54) is 7.11 Å². The molecule has 0 aromatic heterocycles. The van der Waals surface area contributed by atoms with Gasteiger partial charge in [0.2, 0.25) is 0 Å². The Morgan fingerprint density at radius 1 is 1.57 bits per heavy atom. The molecule has 6 heteroatoms. The summed E-state index contributed by atoms with van der Waals surface area (Å²) in [5, 5.41) is 2.44. The van der Waals surface area contributed by atoms with E-state index in [0.29, 0.717) is 0 Å². The zero-order chi connectivity index (χ0) is 10.7. The molecule has 0 saturated carbocycles. The zero-order valence-corrected chi connectivity index (χ0v) is 8.07. The highest BCUT2D eigenvalue weighted by Crippen LogP contribution is 2.06. The molecule has 1 aliphatic rings. The highest BCUT2D eigenvalue weighted by molar-refractivity contribution is 6.04. The minimum absolute atomic E-state index is 0.0301. The first-order chi connectivity index (χ1) is 6.56. The smallest absolute Gasteiger partial charge is 0.324 e. The fourth-order valence-electron chi connectivity index (χ4n) is 1.18. The second-order valence-electron chi connectivity index (χ2n) is 2.99. The molecule has 0 aromatic rings. The monoisotopic (exact) mass is 200 g/mol. The largest absolute Gasteiger partial charge is 0.469 e. The lowest BCUT2D eigenvalue weighted by Crippen LogP contribution is -2.33. The summed E-state index contributed by atoms with van der Waals surface area (Å²) < 4.78 is 4.40. The maximum Gasteiger partial charge on any atom is 0.324 e. The molecule has 1 rings (SSSR count). The number of urea groups is 1. The number of hydrogen-bond acceptors (Lipinski definition) is 4. The lowest BCUT2D eigenvalue weighted by atomic mass is 10.3. The Labute approximate surface area is 81.2 Å². The third-order valence-electron chi connectivity index (χ3n) is 1.99. The Balaban J connectivity index is 2.48. The fourth-order valence-corrected chi connectivity index (χ4v) is 1.18. The zero-order valence-electron chi connectivity index (χ0n) is 8.07. The summed E-state index contributed by atoms with van der Waals surface area (Å²) >= 11 is 0. The van der Waals surface area contributed by atoms with Crippen LogP contribution in [0.3, 0.4) is 0 Å². The van der Waals surface area contributed by atoms with Gasteiger partial charge in [-0.25, -0.2) is 4.79 Å². The molecule has 0 aliphatic carbocycles. The van der Waals surface area contributed by atoms with Crippen molar-refractivity contribution < 1.29 is 19.1 Å². The Morgan fingerprint density at radius 2 is 2.21 bits per heavy atom. The van der Waals surface area contributed by atoms with Crippen LogP contribution in [-0.4, -0.2) is 42.5 Å². The van der Waals surface area contributed by atoms with Crippen LogP contribution in [0, 0.1) is 0 Å². The Kier molecular flexibility index (Phi) is 3.06. The molecule has 0 bridgehead atoms. The quantitative estimate of drug-likeness (QED) is 0.491. The van der Waals surface area contributed by atoms with Crippen molar-refractivity contribution in [1.29, 1.82) is 0 Å². The molecule has 6 nitrogen and oxygen atoms in total. The van der Waals surface area contributed by atoms with Gasteiger partial charge in [0.05, 0.1) is 13.5 Å². The number of ether oxygens (including phenoxy) is 1. The molecule has 1 atom stereocenters. The number of nitrogens with one attached hydrogen (secondary N) is 1. The van der Waals surface area contributed by atoms with E-state index in [1.54, 1.807) is 6.92 Å². The van der Waals surface area contributed by atoms with Crippen LogP contribution >= 0.6 is 0 Å². The average molecular weight is 200 g/mol. The summed E-state index contributed by atoms with van der Waals surface area (Å²) in [4.78, 5) is 34.2. The van der Waals surface area contributed by atoms with Gasteiger partial charge in [-0.3, -0.25) is 14.5 Å². The highest BCUT2D eigenvalue weighted by Gasteiger charge is 2.34. The molecule has 3 amide bonds. The van der Waals surface area contributed by atoms with Crippen molar-refractivity contribution in [3.05, 3.63) is 0 Å². The number of rotatable bonds is 3. The fraction of sp³-hybridized carbons (Fsp3) is 0.625. The Hall–Kier alpha value is -1.59. The summed E-state index contributed by atoms with van der Waals surface area (Å²) in [6.45, 7) is 1.67. The van der Waals surface area contributed by atoms with Crippen molar-refractivity contribution >= 4 is 17.9 Å². The maximum absolute atomic E-state index is 11.3. The van der Waals surface area contributed by atoms with Gasteiger partial charge in [-0.2, -0.15) is 0 Å². The molecular weight excluding hydrogens is 188 g/mol. The molecule has 1 N–H and O–H groups in total. The first-order valence-electron chi connectivity index (χ1n) is 4.25. The molecule has 1 saturated heterocycles. The highest BCUT2D eigenvalue weighted by atomic mass is 16.5. The molecule has 0 aromatic carbocycles. The molecule has 78 valence electrons. The van der Waals surface area contributed by atoms with Gasteiger partial charge in [-0.05, 0) is 6.92 Å². The van der Waals surface area contributed by atoms with Crippen LogP contribution in [0.25, 0.3) is 0 Å². The SMILES string of the molecule is COC(=O)CCN1C(=O)NC(C)C1=O. The van der Waals surface area contributed by atoms with Crippen molar-refractivity contribution in [3.63, 3.8) is 0 Å². The average Bonchev–Trinajstić information content (AvgIpc) is 2.39. The van der Waals surface area contributed by atoms with Gasteiger partial charge in [-0.1, -0.05) is 0 Å². The van der Waals surface area contributed by atoms with E-state index in [2.05, 4.69) is 10.1 Å². The maximum atomic E-state index is 11.3. The van der Waals surface area contributed by atoms with Crippen LogP contribution in [-0.2, 0) is 14.3 Å². The molecule has 1 fully saturated rings. The van der Waals surface area contributed by atoms with E-state index in [0.717, 1.165) is 4.90 Å². The van der Waals surface area contributed by atoms with Crippen molar-refractivity contribution in [2.45, 2.75) is 19.4 Å². The number of amides is 3. The topological polar surface area (TPSA) is 75.7 Å². The number of imide groups is 1. The van der Waals surface area contributed by atoms with E-state index in [1.807, 2.05) is 0 Å². The van der Waals surface area contributed by atoms with Gasteiger partial charge < -0.3 is 10.1 Å². The van der Waals surface area contributed by atoms with Crippen LogP contribution in [0.2, 0.25) is 0 Å². The van der Waals surface area contributed by atoms with E-state index < -0.39 is 18.0 Å². The summed E-state index contributed by atoms with van der Waals surface area (Å²) in [7, 11) is 1.26. The Morgan fingerprint density at radius 3 is 2.64 bits per heavy atom. The molecule has 1 heterocycles. The summed E-state index contributed by atoms with van der Waals surface area (Å²) in [6, 6.07) is -0.952. The van der Waals surface area contributed by atoms with Gasteiger partial charge in [0.15, 0.2) is 0 Å². The number of methoxy groups -OCH3 is 1. The molecule has 0 radical (unpaired) electrons. The lowest BCUT2D eigenvalue weighted by Gasteiger charge is -2.10. The van der Waals surface area contributed by atoms with Gasteiger partial charge >= 0.3 is 12.0 Å². The number of carbonyl (C=O) groups is 3. The molecule has 14 heavy (non-hydrogen) atoms. The Bertz CT molecular complexity index is 277. The van der Waals surface area contributed by atoms with Crippen LogP contribution in [0.15, 0.2) is 0 Å². The summed E-state index contributed by atoms with van der Waals surface area (Å²) in [6.07, 6.45) is 0.0301. The molecule has 1 unspecified atom stereocenters. The second-order valence-corrected chi connectivity index (χ2v) is 2.99. The molecule has 1 aliphatic heterocycles. The van der Waals surface area contributed by atoms with Crippen molar-refractivity contribution in [1.82, 2.24) is 10.2 Å². The minimum atomic E-state index is -0.500. The standard InChI is InChI=1S/C8H12N2O4/c1-5-7(12)10(8(13)9-5)4-3-6(11)14-2/h5H,3-4H2,1-2H3,(H,9,13). The molecular formula is C8H12N2O4. The van der Waals surface area contributed by atoms with Crippen LogP contribution in [0.4, 0.5) is 4.79 Å². The number of esters is 1. The van der Waals surface area contributed by atoms with Crippen molar-refractivity contribution in [2.24, 2.45) is 0 Å². The van der Waals surface area contributed by atoms with Crippen molar-refractivity contribution in [3.8, 4) is 0 Å². The normalized spacial score (nSPS) is 21.0.